The number of allylic oxidation sites excluding steroid dienone is 1. The Morgan fingerprint density at radius 1 is 1.21 bits per heavy atom. The lowest BCUT2D eigenvalue weighted by atomic mass is 9.84. The van der Waals surface area contributed by atoms with Crippen molar-refractivity contribution in [2.24, 2.45) is 0 Å². The van der Waals surface area contributed by atoms with Crippen LogP contribution in [0.3, 0.4) is 0 Å². The van der Waals surface area contributed by atoms with Gasteiger partial charge in [0.1, 0.15) is 0 Å². The molecule has 0 spiro atoms. The minimum absolute atomic E-state index is 0.624. The molecule has 0 saturated heterocycles. The third kappa shape index (κ3) is 1.20. The highest BCUT2D eigenvalue weighted by Gasteiger charge is 2.24. The number of fused-ring (bicyclic) bond motifs is 3. The number of hydrogen-bond donors (Lipinski definition) is 1. The molecule has 2 aliphatic rings. The van der Waals surface area contributed by atoms with Crippen LogP contribution in [-0.2, 0) is 6.54 Å². The molecule has 1 N–H and O–H groups in total. The van der Waals surface area contributed by atoms with E-state index in [1.54, 1.807) is 0 Å². The maximum atomic E-state index is 3.61. The number of nitrogens with one attached hydrogen (secondary N) is 1. The average molecular weight is 185 g/mol. The van der Waals surface area contributed by atoms with E-state index in [0.29, 0.717) is 6.04 Å². The second-order valence-corrected chi connectivity index (χ2v) is 4.18. The van der Waals surface area contributed by atoms with Gasteiger partial charge in [0.15, 0.2) is 0 Å². The summed E-state index contributed by atoms with van der Waals surface area (Å²) in [5, 5.41) is 3.61. The topological polar surface area (TPSA) is 12.0 Å². The molecule has 14 heavy (non-hydrogen) atoms. The van der Waals surface area contributed by atoms with E-state index in [9.17, 15) is 0 Å². The average Bonchev–Trinajstić information content (AvgIpc) is 2.29. The Balaban J connectivity index is 2.11. The quantitative estimate of drug-likeness (QED) is 0.655. The van der Waals surface area contributed by atoms with Gasteiger partial charge in [-0.1, -0.05) is 30.3 Å². The van der Waals surface area contributed by atoms with Crippen LogP contribution in [0.25, 0.3) is 5.57 Å². The molecule has 1 nitrogen and oxygen atoms in total. The minimum Gasteiger partial charge on any atom is -0.306 e. The first-order valence-electron chi connectivity index (χ1n) is 5.47. The van der Waals surface area contributed by atoms with Crippen molar-refractivity contribution in [1.29, 1.82) is 0 Å². The predicted molar refractivity (Wildman–Crippen MR) is 58.9 cm³/mol. The van der Waals surface area contributed by atoms with Gasteiger partial charge >= 0.3 is 0 Å². The van der Waals surface area contributed by atoms with Gasteiger partial charge in [0.25, 0.3) is 0 Å². The van der Waals surface area contributed by atoms with E-state index in [4.69, 9.17) is 0 Å². The van der Waals surface area contributed by atoms with E-state index < -0.39 is 0 Å². The molecule has 1 aliphatic carbocycles. The molecule has 1 aliphatic heterocycles. The van der Waals surface area contributed by atoms with Crippen molar-refractivity contribution >= 4 is 5.57 Å². The SMILES string of the molecule is C1=C2c3ccccc3CNC2CCC1. The number of benzene rings is 1. The second kappa shape index (κ2) is 3.25. The highest BCUT2D eigenvalue weighted by Crippen LogP contribution is 2.32. The molecule has 72 valence electrons. The molecule has 3 rings (SSSR count). The van der Waals surface area contributed by atoms with Gasteiger partial charge < -0.3 is 5.32 Å². The summed E-state index contributed by atoms with van der Waals surface area (Å²) in [5.74, 6) is 0. The van der Waals surface area contributed by atoms with Gasteiger partial charge in [-0.15, -0.1) is 0 Å². The molecule has 0 aromatic heterocycles. The van der Waals surface area contributed by atoms with Gasteiger partial charge in [0.05, 0.1) is 0 Å². The van der Waals surface area contributed by atoms with Crippen molar-refractivity contribution in [3.8, 4) is 0 Å². The number of rotatable bonds is 0. The van der Waals surface area contributed by atoms with Crippen LogP contribution < -0.4 is 5.32 Å². The normalized spacial score (nSPS) is 24.9. The largest absolute Gasteiger partial charge is 0.306 e. The molecular weight excluding hydrogens is 170 g/mol. The Labute approximate surface area is 84.8 Å². The van der Waals surface area contributed by atoms with E-state index >= 15 is 0 Å². The number of hydrogen-bond acceptors (Lipinski definition) is 1. The maximum absolute atomic E-state index is 3.61. The Bertz CT molecular complexity index is 379. The first kappa shape index (κ1) is 8.25. The third-order valence-electron chi connectivity index (χ3n) is 3.30. The fourth-order valence-corrected chi connectivity index (χ4v) is 2.58. The van der Waals surface area contributed by atoms with Crippen molar-refractivity contribution < 1.29 is 0 Å². The predicted octanol–water partition coefficient (Wildman–Crippen LogP) is 2.73. The van der Waals surface area contributed by atoms with Gasteiger partial charge in [-0.2, -0.15) is 0 Å². The van der Waals surface area contributed by atoms with Crippen molar-refractivity contribution in [1.82, 2.24) is 5.32 Å². The Hall–Kier alpha value is -1.08. The van der Waals surface area contributed by atoms with Crippen LogP contribution in [0, 0.1) is 0 Å². The van der Waals surface area contributed by atoms with E-state index in [1.807, 2.05) is 0 Å². The van der Waals surface area contributed by atoms with Gasteiger partial charge in [0.2, 0.25) is 0 Å². The summed E-state index contributed by atoms with van der Waals surface area (Å²) in [6, 6.07) is 9.40. The molecule has 1 unspecified atom stereocenters. The van der Waals surface area contributed by atoms with Gasteiger partial charge in [-0.3, -0.25) is 0 Å². The van der Waals surface area contributed by atoms with Crippen molar-refractivity contribution in [3.63, 3.8) is 0 Å². The first-order chi connectivity index (χ1) is 6.95. The maximum Gasteiger partial charge on any atom is 0.0326 e. The molecule has 1 heterocycles. The van der Waals surface area contributed by atoms with Crippen LogP contribution in [0.4, 0.5) is 0 Å². The van der Waals surface area contributed by atoms with Crippen LogP contribution in [0.5, 0.6) is 0 Å². The molecule has 0 fully saturated rings. The fourth-order valence-electron chi connectivity index (χ4n) is 2.58. The second-order valence-electron chi connectivity index (χ2n) is 4.18. The summed E-state index contributed by atoms with van der Waals surface area (Å²) in [7, 11) is 0. The summed E-state index contributed by atoms with van der Waals surface area (Å²) in [6.45, 7) is 1.04. The summed E-state index contributed by atoms with van der Waals surface area (Å²) in [6.07, 6.45) is 6.31. The lowest BCUT2D eigenvalue weighted by Crippen LogP contribution is -2.35. The highest BCUT2D eigenvalue weighted by atomic mass is 14.9. The first-order valence-corrected chi connectivity index (χ1v) is 5.47. The van der Waals surface area contributed by atoms with Crippen molar-refractivity contribution in [2.75, 3.05) is 0 Å². The summed E-state index contributed by atoms with van der Waals surface area (Å²) < 4.78 is 0. The summed E-state index contributed by atoms with van der Waals surface area (Å²) in [5.41, 5.74) is 4.48. The Morgan fingerprint density at radius 3 is 3.14 bits per heavy atom. The fraction of sp³-hybridized carbons (Fsp3) is 0.385. The molecule has 0 radical (unpaired) electrons. The third-order valence-corrected chi connectivity index (χ3v) is 3.30. The van der Waals surface area contributed by atoms with Crippen LogP contribution in [0.1, 0.15) is 30.4 Å². The van der Waals surface area contributed by atoms with Crippen LogP contribution in [0.15, 0.2) is 30.3 Å². The van der Waals surface area contributed by atoms with E-state index in [0.717, 1.165) is 6.54 Å². The Kier molecular flexibility index (Phi) is 1.91. The van der Waals surface area contributed by atoms with E-state index in [-0.39, 0.29) is 0 Å². The molecular formula is C13H15N. The monoisotopic (exact) mass is 185 g/mol. The molecule has 1 atom stereocenters. The molecule has 0 saturated carbocycles. The molecule has 0 bridgehead atoms. The standard InChI is InChI=1S/C13H15N/c1-2-6-11-10(5-1)9-14-13-8-4-3-7-12(11)13/h1-2,5-7,13-14H,3-4,8-9H2. The van der Waals surface area contributed by atoms with Crippen LogP contribution >= 0.6 is 0 Å². The zero-order valence-electron chi connectivity index (χ0n) is 8.29. The van der Waals surface area contributed by atoms with Gasteiger partial charge in [-0.05, 0) is 36.0 Å². The van der Waals surface area contributed by atoms with Crippen molar-refractivity contribution in [2.45, 2.75) is 31.8 Å². The highest BCUT2D eigenvalue weighted by molar-refractivity contribution is 5.74. The lowest BCUT2D eigenvalue weighted by molar-refractivity contribution is 0.521. The smallest absolute Gasteiger partial charge is 0.0326 e. The molecule has 1 aromatic rings. The Morgan fingerprint density at radius 2 is 2.14 bits per heavy atom. The summed E-state index contributed by atoms with van der Waals surface area (Å²) >= 11 is 0. The lowest BCUT2D eigenvalue weighted by Gasteiger charge is -2.31. The zero-order valence-corrected chi connectivity index (χ0v) is 8.29. The van der Waals surface area contributed by atoms with Crippen molar-refractivity contribution in [3.05, 3.63) is 41.5 Å². The zero-order chi connectivity index (χ0) is 9.38. The molecule has 0 amide bonds. The molecule has 1 aromatic carbocycles. The van der Waals surface area contributed by atoms with Crippen LogP contribution in [0.2, 0.25) is 0 Å². The van der Waals surface area contributed by atoms with Crippen LogP contribution in [-0.4, -0.2) is 6.04 Å². The molecule has 1 heteroatoms. The summed E-state index contributed by atoms with van der Waals surface area (Å²) in [4.78, 5) is 0. The van der Waals surface area contributed by atoms with Gasteiger partial charge in [0, 0.05) is 12.6 Å². The van der Waals surface area contributed by atoms with Gasteiger partial charge in [-0.25, -0.2) is 0 Å². The van der Waals surface area contributed by atoms with E-state index in [1.165, 1.54) is 36.0 Å². The van der Waals surface area contributed by atoms with E-state index in [2.05, 4.69) is 35.7 Å². The minimum atomic E-state index is 0.624.